The van der Waals surface area contributed by atoms with Crippen LogP contribution >= 0.6 is 23.2 Å². The first-order valence-corrected chi connectivity index (χ1v) is 5.93. The number of carbonyl (C=O) groups is 1. The Bertz CT molecular complexity index is 396. The van der Waals surface area contributed by atoms with Crippen molar-refractivity contribution in [2.24, 2.45) is 0 Å². The summed E-state index contributed by atoms with van der Waals surface area (Å²) in [7, 11) is 0. The molecule has 0 radical (unpaired) electrons. The minimum Gasteiger partial charge on any atom is -0.476 e. The lowest BCUT2D eigenvalue weighted by molar-refractivity contribution is -0.158. The third-order valence-corrected chi connectivity index (χ3v) is 2.41. The van der Waals surface area contributed by atoms with Crippen LogP contribution in [0.3, 0.4) is 0 Å². The number of hydrogen-bond acceptors (Lipinski definition) is 3. The summed E-state index contributed by atoms with van der Waals surface area (Å²) in [6.45, 7) is 5.30. The fraction of sp³-hybridized carbons (Fsp3) is 0.417. The van der Waals surface area contributed by atoms with E-state index in [2.05, 4.69) is 0 Å². The van der Waals surface area contributed by atoms with Gasteiger partial charge in [0, 0.05) is 10.0 Å². The molecule has 0 amide bonds. The lowest BCUT2D eigenvalue weighted by Gasteiger charge is -2.24. The van der Waals surface area contributed by atoms with Crippen molar-refractivity contribution in [3.05, 3.63) is 28.2 Å². The van der Waals surface area contributed by atoms with E-state index in [1.54, 1.807) is 39.0 Å². The number of rotatable bonds is 4. The summed E-state index contributed by atoms with van der Waals surface area (Å²) in [6.07, 6.45) is 0. The molecule has 0 aromatic heterocycles. The van der Waals surface area contributed by atoms with Gasteiger partial charge < -0.3 is 9.47 Å². The standard InChI is InChI=1S/C12H14Cl2O3/c1-4-16-11(15)12(2,3)17-10-6-8(13)5-9(14)7-10/h5-7H,4H2,1-3H3. The number of esters is 1. The average molecular weight is 277 g/mol. The summed E-state index contributed by atoms with van der Waals surface area (Å²) >= 11 is 11.7. The quantitative estimate of drug-likeness (QED) is 0.787. The summed E-state index contributed by atoms with van der Waals surface area (Å²) in [5.41, 5.74) is -1.08. The van der Waals surface area contributed by atoms with Crippen LogP contribution in [0.1, 0.15) is 20.8 Å². The highest BCUT2D eigenvalue weighted by atomic mass is 35.5. The molecule has 1 aromatic carbocycles. The summed E-state index contributed by atoms with van der Waals surface area (Å²) in [4.78, 5) is 11.6. The number of hydrogen-bond donors (Lipinski definition) is 0. The van der Waals surface area contributed by atoms with Crippen LogP contribution in [-0.2, 0) is 9.53 Å². The van der Waals surface area contributed by atoms with E-state index in [0.717, 1.165) is 0 Å². The van der Waals surface area contributed by atoms with Crippen molar-refractivity contribution < 1.29 is 14.3 Å². The minimum atomic E-state index is -1.08. The maximum atomic E-state index is 11.6. The van der Waals surface area contributed by atoms with Gasteiger partial charge in [-0.2, -0.15) is 0 Å². The Labute approximate surface area is 111 Å². The Kier molecular flexibility index (Phi) is 4.66. The molecule has 17 heavy (non-hydrogen) atoms. The normalized spacial score (nSPS) is 11.1. The Balaban J connectivity index is 2.85. The monoisotopic (exact) mass is 276 g/mol. The van der Waals surface area contributed by atoms with Gasteiger partial charge in [-0.05, 0) is 39.0 Å². The molecule has 0 saturated carbocycles. The zero-order chi connectivity index (χ0) is 13.1. The topological polar surface area (TPSA) is 35.5 Å². The van der Waals surface area contributed by atoms with Gasteiger partial charge in [0.1, 0.15) is 5.75 Å². The van der Waals surface area contributed by atoms with E-state index in [1.807, 2.05) is 0 Å². The van der Waals surface area contributed by atoms with Crippen molar-refractivity contribution in [1.29, 1.82) is 0 Å². The first kappa shape index (κ1) is 14.1. The van der Waals surface area contributed by atoms with Crippen LogP contribution < -0.4 is 4.74 Å². The van der Waals surface area contributed by atoms with Crippen LogP contribution in [0.25, 0.3) is 0 Å². The highest BCUT2D eigenvalue weighted by Crippen LogP contribution is 2.27. The van der Waals surface area contributed by atoms with Crippen LogP contribution in [-0.4, -0.2) is 18.2 Å². The number of carbonyl (C=O) groups excluding carboxylic acids is 1. The van der Waals surface area contributed by atoms with Crippen LogP contribution in [0.2, 0.25) is 10.0 Å². The van der Waals surface area contributed by atoms with Crippen molar-refractivity contribution >= 4 is 29.2 Å². The van der Waals surface area contributed by atoms with E-state index in [1.165, 1.54) is 0 Å². The molecule has 1 rings (SSSR count). The summed E-state index contributed by atoms with van der Waals surface area (Å²) in [5.74, 6) is -0.00310. The Morgan fingerprint density at radius 1 is 1.24 bits per heavy atom. The van der Waals surface area contributed by atoms with Crippen LogP contribution in [0.4, 0.5) is 0 Å². The van der Waals surface area contributed by atoms with Gasteiger partial charge in [0.25, 0.3) is 0 Å². The van der Waals surface area contributed by atoms with E-state index >= 15 is 0 Å². The molecule has 94 valence electrons. The first-order valence-electron chi connectivity index (χ1n) is 5.17. The molecule has 0 N–H and O–H groups in total. The maximum absolute atomic E-state index is 11.6. The second-order valence-corrected chi connectivity index (χ2v) is 4.81. The summed E-state index contributed by atoms with van der Waals surface area (Å²) in [6, 6.07) is 4.77. The zero-order valence-electron chi connectivity index (χ0n) is 9.92. The van der Waals surface area contributed by atoms with Crippen LogP contribution in [0.15, 0.2) is 18.2 Å². The fourth-order valence-corrected chi connectivity index (χ4v) is 1.73. The lowest BCUT2D eigenvalue weighted by Crippen LogP contribution is -2.39. The molecular formula is C12H14Cl2O3. The molecule has 0 aliphatic rings. The highest BCUT2D eigenvalue weighted by molar-refractivity contribution is 6.34. The van der Waals surface area contributed by atoms with Crippen molar-refractivity contribution in [3.63, 3.8) is 0 Å². The molecule has 5 heteroatoms. The molecule has 3 nitrogen and oxygen atoms in total. The predicted octanol–water partition coefficient (Wildman–Crippen LogP) is 3.71. The van der Waals surface area contributed by atoms with Gasteiger partial charge in [0.2, 0.25) is 0 Å². The smallest absolute Gasteiger partial charge is 0.349 e. The fourth-order valence-electron chi connectivity index (χ4n) is 1.23. The first-order chi connectivity index (χ1) is 7.85. The number of halogens is 2. The molecule has 0 heterocycles. The largest absolute Gasteiger partial charge is 0.476 e. The molecular weight excluding hydrogens is 263 g/mol. The van der Waals surface area contributed by atoms with E-state index in [0.29, 0.717) is 22.4 Å². The van der Waals surface area contributed by atoms with E-state index < -0.39 is 11.6 Å². The Morgan fingerprint density at radius 2 is 1.76 bits per heavy atom. The molecule has 0 bridgehead atoms. The molecule has 0 fully saturated rings. The molecule has 0 aliphatic carbocycles. The second kappa shape index (κ2) is 5.61. The summed E-state index contributed by atoms with van der Waals surface area (Å²) in [5, 5.41) is 0.902. The Hall–Kier alpha value is -0.930. The van der Waals surface area contributed by atoms with Gasteiger partial charge >= 0.3 is 5.97 Å². The van der Waals surface area contributed by atoms with Crippen molar-refractivity contribution in [2.45, 2.75) is 26.4 Å². The van der Waals surface area contributed by atoms with Gasteiger partial charge in [-0.3, -0.25) is 0 Å². The van der Waals surface area contributed by atoms with Gasteiger partial charge in [-0.25, -0.2) is 4.79 Å². The minimum absolute atomic E-state index is 0.307. The second-order valence-electron chi connectivity index (χ2n) is 3.94. The third-order valence-electron chi connectivity index (χ3n) is 1.98. The molecule has 0 spiro atoms. The van der Waals surface area contributed by atoms with E-state index in [4.69, 9.17) is 32.7 Å². The zero-order valence-corrected chi connectivity index (χ0v) is 11.4. The Morgan fingerprint density at radius 3 is 2.24 bits per heavy atom. The highest BCUT2D eigenvalue weighted by Gasteiger charge is 2.31. The lowest BCUT2D eigenvalue weighted by atomic mass is 10.1. The molecule has 1 aromatic rings. The predicted molar refractivity (Wildman–Crippen MR) is 67.8 cm³/mol. The van der Waals surface area contributed by atoms with Gasteiger partial charge in [0.15, 0.2) is 5.60 Å². The molecule has 0 aliphatic heterocycles. The van der Waals surface area contributed by atoms with E-state index in [-0.39, 0.29) is 0 Å². The summed E-state index contributed by atoms with van der Waals surface area (Å²) < 4.78 is 10.4. The van der Waals surface area contributed by atoms with Crippen LogP contribution in [0, 0.1) is 0 Å². The number of ether oxygens (including phenoxy) is 2. The van der Waals surface area contributed by atoms with Crippen LogP contribution in [0.5, 0.6) is 5.75 Å². The molecule has 0 atom stereocenters. The number of benzene rings is 1. The molecule has 0 saturated heterocycles. The SMILES string of the molecule is CCOC(=O)C(C)(C)Oc1cc(Cl)cc(Cl)c1. The van der Waals surface area contributed by atoms with Gasteiger partial charge in [-0.1, -0.05) is 23.2 Å². The van der Waals surface area contributed by atoms with Crippen molar-refractivity contribution in [3.8, 4) is 5.75 Å². The van der Waals surface area contributed by atoms with Gasteiger partial charge in [-0.15, -0.1) is 0 Å². The van der Waals surface area contributed by atoms with Gasteiger partial charge in [0.05, 0.1) is 6.61 Å². The van der Waals surface area contributed by atoms with E-state index in [9.17, 15) is 4.79 Å². The third kappa shape index (κ3) is 4.10. The maximum Gasteiger partial charge on any atom is 0.349 e. The van der Waals surface area contributed by atoms with Crippen molar-refractivity contribution in [1.82, 2.24) is 0 Å². The van der Waals surface area contributed by atoms with Crippen molar-refractivity contribution in [2.75, 3.05) is 6.61 Å². The average Bonchev–Trinajstić information content (AvgIpc) is 2.15. The molecule has 0 unspecified atom stereocenters.